The number of nitrogens with zero attached hydrogens (tertiary/aromatic N) is 3. The van der Waals surface area contributed by atoms with Crippen LogP contribution in [-0.4, -0.2) is 56.0 Å². The zero-order chi connectivity index (χ0) is 20.6. The average molecular weight is 402 g/mol. The quantitative estimate of drug-likeness (QED) is 0.689. The number of aromatic nitrogens is 2. The van der Waals surface area contributed by atoms with Gasteiger partial charge in [0.15, 0.2) is 0 Å². The molecule has 1 N–H and O–H groups in total. The van der Waals surface area contributed by atoms with Gasteiger partial charge in [-0.25, -0.2) is 4.98 Å². The Morgan fingerprint density at radius 2 is 2.03 bits per heavy atom. The van der Waals surface area contributed by atoms with Gasteiger partial charge in [-0.2, -0.15) is 0 Å². The van der Waals surface area contributed by atoms with E-state index in [0.29, 0.717) is 44.5 Å². The average Bonchev–Trinajstić information content (AvgIpc) is 2.75. The number of nitrogens with one attached hydrogen (secondary N) is 1. The maximum absolute atomic E-state index is 12.7. The first-order chi connectivity index (χ1) is 14.1. The summed E-state index contributed by atoms with van der Waals surface area (Å²) in [5.74, 6) is 0.913. The Morgan fingerprint density at radius 3 is 2.76 bits per heavy atom. The number of carbonyl (C=O) groups excluding carboxylic acids is 1. The topological polar surface area (TPSA) is 94.9 Å². The van der Waals surface area contributed by atoms with Gasteiger partial charge in [0, 0.05) is 32.8 Å². The van der Waals surface area contributed by atoms with E-state index in [1.807, 2.05) is 29.2 Å². The Labute approximate surface area is 169 Å². The fourth-order valence-electron chi connectivity index (χ4n) is 3.10. The van der Waals surface area contributed by atoms with Crippen LogP contribution in [0.25, 0.3) is 0 Å². The van der Waals surface area contributed by atoms with Crippen molar-refractivity contribution in [3.8, 4) is 5.75 Å². The van der Waals surface area contributed by atoms with Crippen molar-refractivity contribution in [2.24, 2.45) is 0 Å². The summed E-state index contributed by atoms with van der Waals surface area (Å²) < 4.78 is 17.1. The normalized spacial score (nSPS) is 13.9. The van der Waals surface area contributed by atoms with Crippen molar-refractivity contribution >= 4 is 11.9 Å². The van der Waals surface area contributed by atoms with E-state index in [1.54, 1.807) is 14.2 Å². The molecular formula is C20H26N4O5. The minimum atomic E-state index is -0.287. The number of ether oxygens (including phenoxy) is 3. The summed E-state index contributed by atoms with van der Waals surface area (Å²) in [6.45, 7) is 2.76. The lowest BCUT2D eigenvalue weighted by molar-refractivity contribution is -0.121. The number of anilines is 1. The summed E-state index contributed by atoms with van der Waals surface area (Å²) >= 11 is 0. The van der Waals surface area contributed by atoms with Gasteiger partial charge in [-0.3, -0.25) is 14.2 Å². The fourth-order valence-corrected chi connectivity index (χ4v) is 3.10. The summed E-state index contributed by atoms with van der Waals surface area (Å²) in [6.07, 6.45) is 0. The number of methoxy groups -OCH3 is 2. The third kappa shape index (κ3) is 5.55. The van der Waals surface area contributed by atoms with E-state index in [4.69, 9.17) is 14.2 Å². The molecule has 0 radical (unpaired) electrons. The highest BCUT2D eigenvalue weighted by Gasteiger charge is 2.20. The highest BCUT2D eigenvalue weighted by molar-refractivity contribution is 5.76. The van der Waals surface area contributed by atoms with Crippen LogP contribution in [-0.2, 0) is 34.0 Å². The molecule has 1 aliphatic rings. The number of benzene rings is 1. The van der Waals surface area contributed by atoms with Gasteiger partial charge in [0.05, 0.1) is 32.6 Å². The molecular weight excluding hydrogens is 376 g/mol. The van der Waals surface area contributed by atoms with E-state index < -0.39 is 0 Å². The predicted octanol–water partition coefficient (Wildman–Crippen LogP) is 0.551. The van der Waals surface area contributed by atoms with Crippen LogP contribution in [0.15, 0.2) is 35.1 Å². The van der Waals surface area contributed by atoms with Crippen molar-refractivity contribution in [3.05, 3.63) is 51.9 Å². The Hall–Kier alpha value is -2.91. The number of rotatable bonds is 8. The molecule has 3 rings (SSSR count). The number of hydrogen-bond donors (Lipinski definition) is 1. The van der Waals surface area contributed by atoms with E-state index in [-0.39, 0.29) is 24.6 Å². The monoisotopic (exact) mass is 402 g/mol. The molecule has 2 aromatic rings. The summed E-state index contributed by atoms with van der Waals surface area (Å²) in [7, 11) is 3.14. The van der Waals surface area contributed by atoms with Crippen LogP contribution in [0.4, 0.5) is 5.95 Å². The Kier molecular flexibility index (Phi) is 7.20. The molecule has 1 saturated heterocycles. The second kappa shape index (κ2) is 10.0. The molecule has 0 aliphatic carbocycles. The van der Waals surface area contributed by atoms with Gasteiger partial charge >= 0.3 is 0 Å². The van der Waals surface area contributed by atoms with Crippen molar-refractivity contribution in [3.63, 3.8) is 0 Å². The molecule has 0 atom stereocenters. The van der Waals surface area contributed by atoms with Crippen molar-refractivity contribution in [1.82, 2.24) is 14.9 Å². The number of amides is 1. The maximum atomic E-state index is 12.7. The van der Waals surface area contributed by atoms with Crippen LogP contribution < -0.4 is 20.5 Å². The van der Waals surface area contributed by atoms with Crippen molar-refractivity contribution < 1.29 is 19.0 Å². The van der Waals surface area contributed by atoms with Gasteiger partial charge in [0.25, 0.3) is 5.56 Å². The van der Waals surface area contributed by atoms with Gasteiger partial charge in [-0.05, 0) is 17.7 Å². The van der Waals surface area contributed by atoms with E-state index in [1.165, 1.54) is 10.6 Å². The molecule has 156 valence electrons. The minimum absolute atomic E-state index is 0.115. The summed E-state index contributed by atoms with van der Waals surface area (Å²) in [6, 6.07) is 8.86. The fraction of sp³-hybridized carbons (Fsp3) is 0.450. The predicted molar refractivity (Wildman–Crippen MR) is 107 cm³/mol. The van der Waals surface area contributed by atoms with Crippen molar-refractivity contribution in [1.29, 1.82) is 0 Å². The molecule has 1 aromatic carbocycles. The summed E-state index contributed by atoms with van der Waals surface area (Å²) in [4.78, 5) is 31.7. The number of hydrogen-bond acceptors (Lipinski definition) is 7. The molecule has 1 amide bonds. The van der Waals surface area contributed by atoms with Gasteiger partial charge in [-0.1, -0.05) is 12.1 Å². The first-order valence-electron chi connectivity index (χ1n) is 9.42. The molecule has 9 nitrogen and oxygen atoms in total. The van der Waals surface area contributed by atoms with Crippen LogP contribution in [0.1, 0.15) is 11.3 Å². The molecule has 0 spiro atoms. The summed E-state index contributed by atoms with van der Waals surface area (Å²) in [5, 5.41) is 2.85. The molecule has 1 aromatic heterocycles. The Balaban J connectivity index is 1.75. The van der Waals surface area contributed by atoms with Crippen LogP contribution >= 0.6 is 0 Å². The van der Waals surface area contributed by atoms with Gasteiger partial charge in [0.1, 0.15) is 12.3 Å². The van der Waals surface area contributed by atoms with Crippen molar-refractivity contribution in [2.75, 3.05) is 45.4 Å². The maximum Gasteiger partial charge on any atom is 0.255 e. The smallest absolute Gasteiger partial charge is 0.255 e. The van der Waals surface area contributed by atoms with Gasteiger partial charge in [0.2, 0.25) is 11.9 Å². The highest BCUT2D eigenvalue weighted by atomic mass is 16.5. The second-order valence-electron chi connectivity index (χ2n) is 6.63. The van der Waals surface area contributed by atoms with E-state index >= 15 is 0 Å². The molecule has 1 fully saturated rings. The molecule has 2 heterocycles. The lowest BCUT2D eigenvalue weighted by atomic mass is 10.2. The molecule has 0 unspecified atom stereocenters. The Bertz CT molecular complexity index is 893. The Morgan fingerprint density at radius 1 is 1.24 bits per heavy atom. The standard InChI is InChI=1S/C20H26N4O5/c1-27-14-16-11-19(26)24(20(22-16)23-6-8-29-9-7-23)13-18(25)21-12-15-4-3-5-17(10-15)28-2/h3-5,10-11H,6-9,12-14H2,1-2H3,(H,21,25). The molecule has 1 aliphatic heterocycles. The molecule has 9 heteroatoms. The SMILES string of the molecule is COCc1cc(=O)n(CC(=O)NCc2cccc(OC)c2)c(N2CCOCC2)n1. The molecule has 0 saturated carbocycles. The minimum Gasteiger partial charge on any atom is -0.497 e. The first kappa shape index (κ1) is 20.8. The van der Waals surface area contributed by atoms with Crippen molar-refractivity contribution in [2.45, 2.75) is 19.7 Å². The zero-order valence-electron chi connectivity index (χ0n) is 16.7. The van der Waals surface area contributed by atoms with Crippen LogP contribution in [0, 0.1) is 0 Å². The summed E-state index contributed by atoms with van der Waals surface area (Å²) in [5.41, 5.74) is 1.16. The second-order valence-corrected chi connectivity index (χ2v) is 6.63. The number of carbonyl (C=O) groups is 1. The third-order valence-corrected chi connectivity index (χ3v) is 4.55. The molecule has 29 heavy (non-hydrogen) atoms. The lowest BCUT2D eigenvalue weighted by Gasteiger charge is -2.29. The zero-order valence-corrected chi connectivity index (χ0v) is 16.7. The molecule has 0 bridgehead atoms. The highest BCUT2D eigenvalue weighted by Crippen LogP contribution is 2.14. The van der Waals surface area contributed by atoms with Gasteiger partial charge in [-0.15, -0.1) is 0 Å². The van der Waals surface area contributed by atoms with Crippen LogP contribution in [0.3, 0.4) is 0 Å². The lowest BCUT2D eigenvalue weighted by Crippen LogP contribution is -2.42. The first-order valence-corrected chi connectivity index (χ1v) is 9.42. The third-order valence-electron chi connectivity index (χ3n) is 4.55. The van der Waals surface area contributed by atoms with Crippen LogP contribution in [0.2, 0.25) is 0 Å². The largest absolute Gasteiger partial charge is 0.497 e. The van der Waals surface area contributed by atoms with Crippen LogP contribution in [0.5, 0.6) is 5.75 Å². The van der Waals surface area contributed by atoms with E-state index in [0.717, 1.165) is 11.3 Å². The van der Waals surface area contributed by atoms with E-state index in [9.17, 15) is 9.59 Å². The van der Waals surface area contributed by atoms with E-state index in [2.05, 4.69) is 10.3 Å². The van der Waals surface area contributed by atoms with Gasteiger partial charge < -0.3 is 24.4 Å². The number of morpholine rings is 1.